The maximum Gasteiger partial charge on any atom is 0.318 e. The molecule has 2 amide bonds. The number of terminal acetylenes is 1. The first-order valence-electron chi connectivity index (χ1n) is 6.55. The van der Waals surface area contributed by atoms with E-state index in [2.05, 4.69) is 11.2 Å². The fourth-order valence-electron chi connectivity index (χ4n) is 2.21. The lowest BCUT2D eigenvalue weighted by molar-refractivity contribution is -0.150. The van der Waals surface area contributed by atoms with E-state index in [9.17, 15) is 14.7 Å². The van der Waals surface area contributed by atoms with Crippen LogP contribution in [-0.4, -0.2) is 41.1 Å². The quantitative estimate of drug-likeness (QED) is 0.761. The highest BCUT2D eigenvalue weighted by atomic mass is 16.4. The van der Waals surface area contributed by atoms with Gasteiger partial charge in [0.15, 0.2) is 0 Å². The van der Waals surface area contributed by atoms with Gasteiger partial charge < -0.3 is 15.3 Å². The second-order valence-electron chi connectivity index (χ2n) is 5.73. The Morgan fingerprint density at radius 1 is 1.47 bits per heavy atom. The zero-order chi connectivity index (χ0) is 14.6. The molecule has 0 spiro atoms. The van der Waals surface area contributed by atoms with E-state index in [1.807, 2.05) is 13.8 Å². The first-order valence-corrected chi connectivity index (χ1v) is 6.55. The zero-order valence-electron chi connectivity index (χ0n) is 11.8. The van der Waals surface area contributed by atoms with Crippen LogP contribution in [0.2, 0.25) is 0 Å². The standard InChI is InChI=1S/C14H22N2O3/c1-5-11(10(2)3)15-13(19)16-8-6-7-14(4,9-16)12(17)18/h1,10-11H,6-9H2,2-4H3,(H,15,19)(H,17,18). The van der Waals surface area contributed by atoms with Crippen LogP contribution < -0.4 is 5.32 Å². The molecule has 0 aromatic carbocycles. The molecular formula is C14H22N2O3. The number of hydrogen-bond acceptors (Lipinski definition) is 2. The largest absolute Gasteiger partial charge is 0.481 e. The van der Waals surface area contributed by atoms with Gasteiger partial charge in [-0.25, -0.2) is 4.79 Å². The molecule has 1 aliphatic rings. The minimum absolute atomic E-state index is 0.143. The lowest BCUT2D eigenvalue weighted by atomic mass is 9.82. The number of carboxylic acids is 1. The number of likely N-dealkylation sites (tertiary alicyclic amines) is 1. The van der Waals surface area contributed by atoms with Crippen LogP contribution in [0.15, 0.2) is 0 Å². The van der Waals surface area contributed by atoms with E-state index < -0.39 is 11.4 Å². The van der Waals surface area contributed by atoms with Crippen LogP contribution in [0.1, 0.15) is 33.6 Å². The Morgan fingerprint density at radius 3 is 2.58 bits per heavy atom. The van der Waals surface area contributed by atoms with Crippen molar-refractivity contribution in [3.63, 3.8) is 0 Å². The van der Waals surface area contributed by atoms with Crippen molar-refractivity contribution in [1.29, 1.82) is 0 Å². The lowest BCUT2D eigenvalue weighted by Gasteiger charge is -2.38. The number of aliphatic carboxylic acids is 1. The molecule has 1 saturated heterocycles. The minimum Gasteiger partial charge on any atom is -0.481 e. The topological polar surface area (TPSA) is 69.6 Å². The van der Waals surface area contributed by atoms with Crippen LogP contribution in [0.3, 0.4) is 0 Å². The molecule has 2 atom stereocenters. The molecule has 1 aliphatic heterocycles. The highest BCUT2D eigenvalue weighted by Gasteiger charge is 2.39. The maximum atomic E-state index is 12.1. The van der Waals surface area contributed by atoms with Crippen LogP contribution in [0.5, 0.6) is 0 Å². The summed E-state index contributed by atoms with van der Waals surface area (Å²) in [5.74, 6) is 1.82. The van der Waals surface area contributed by atoms with Crippen molar-refractivity contribution >= 4 is 12.0 Å². The molecule has 0 aromatic rings. The Balaban J connectivity index is 2.68. The molecule has 0 bridgehead atoms. The van der Waals surface area contributed by atoms with E-state index in [0.717, 1.165) is 0 Å². The van der Waals surface area contributed by atoms with Crippen molar-refractivity contribution < 1.29 is 14.7 Å². The third-order valence-electron chi connectivity index (χ3n) is 3.63. The predicted molar refractivity (Wildman–Crippen MR) is 72.5 cm³/mol. The van der Waals surface area contributed by atoms with Gasteiger partial charge in [0.1, 0.15) is 0 Å². The molecule has 19 heavy (non-hydrogen) atoms. The summed E-state index contributed by atoms with van der Waals surface area (Å²) in [5.41, 5.74) is -0.862. The van der Waals surface area contributed by atoms with Crippen molar-refractivity contribution in [3.05, 3.63) is 0 Å². The number of nitrogens with one attached hydrogen (secondary N) is 1. The average Bonchev–Trinajstić information content (AvgIpc) is 2.35. The van der Waals surface area contributed by atoms with E-state index in [1.54, 1.807) is 11.8 Å². The molecule has 0 radical (unpaired) electrons. The first-order chi connectivity index (χ1) is 8.80. The van der Waals surface area contributed by atoms with E-state index in [4.69, 9.17) is 6.42 Å². The number of carbonyl (C=O) groups excluding carboxylic acids is 1. The molecule has 5 heteroatoms. The fraction of sp³-hybridized carbons (Fsp3) is 0.714. The molecule has 2 unspecified atom stereocenters. The normalized spacial score (nSPS) is 24.7. The first kappa shape index (κ1) is 15.4. The molecule has 2 N–H and O–H groups in total. The van der Waals surface area contributed by atoms with Gasteiger partial charge in [-0.15, -0.1) is 6.42 Å². The molecular weight excluding hydrogens is 244 g/mol. The number of carboxylic acid groups (broad SMARTS) is 1. The highest BCUT2D eigenvalue weighted by Crippen LogP contribution is 2.29. The molecule has 106 valence electrons. The average molecular weight is 266 g/mol. The number of rotatable bonds is 3. The predicted octanol–water partition coefficient (Wildman–Crippen LogP) is 1.54. The molecule has 5 nitrogen and oxygen atoms in total. The highest BCUT2D eigenvalue weighted by molar-refractivity contribution is 5.78. The van der Waals surface area contributed by atoms with Crippen LogP contribution in [0.4, 0.5) is 4.79 Å². The van der Waals surface area contributed by atoms with Gasteiger partial charge in [0, 0.05) is 13.1 Å². The summed E-state index contributed by atoms with van der Waals surface area (Å²) in [6.45, 7) is 6.34. The number of hydrogen-bond donors (Lipinski definition) is 2. The van der Waals surface area contributed by atoms with Gasteiger partial charge in [-0.3, -0.25) is 4.79 Å². The van der Waals surface area contributed by atoms with E-state index in [0.29, 0.717) is 19.4 Å². The Bertz CT molecular complexity index is 400. The number of nitrogens with zero attached hydrogens (tertiary/aromatic N) is 1. The lowest BCUT2D eigenvalue weighted by Crippen LogP contribution is -2.53. The van der Waals surface area contributed by atoms with E-state index >= 15 is 0 Å². The van der Waals surface area contributed by atoms with Gasteiger partial charge in [-0.1, -0.05) is 19.8 Å². The van der Waals surface area contributed by atoms with Crippen molar-refractivity contribution in [1.82, 2.24) is 10.2 Å². The Kier molecular flexibility index (Phi) is 4.82. The Hall–Kier alpha value is -1.70. The third kappa shape index (κ3) is 3.63. The second kappa shape index (κ2) is 5.96. The maximum absolute atomic E-state index is 12.1. The van der Waals surface area contributed by atoms with Gasteiger partial charge in [0.25, 0.3) is 0 Å². The summed E-state index contributed by atoms with van der Waals surface area (Å²) in [4.78, 5) is 24.9. The fourth-order valence-corrected chi connectivity index (χ4v) is 2.21. The monoisotopic (exact) mass is 266 g/mol. The zero-order valence-corrected chi connectivity index (χ0v) is 11.8. The van der Waals surface area contributed by atoms with Crippen molar-refractivity contribution in [2.45, 2.75) is 39.7 Å². The smallest absolute Gasteiger partial charge is 0.318 e. The number of amides is 2. The minimum atomic E-state index is -0.862. The molecule has 0 saturated carbocycles. The van der Waals surface area contributed by atoms with Crippen LogP contribution in [0, 0.1) is 23.7 Å². The summed E-state index contributed by atoms with van der Waals surface area (Å²) in [6, 6.07) is -0.602. The van der Waals surface area contributed by atoms with Crippen molar-refractivity contribution in [2.75, 3.05) is 13.1 Å². The second-order valence-corrected chi connectivity index (χ2v) is 5.73. The van der Waals surface area contributed by atoms with Gasteiger partial charge in [-0.2, -0.15) is 0 Å². The summed E-state index contributed by atoms with van der Waals surface area (Å²) >= 11 is 0. The SMILES string of the molecule is C#CC(NC(=O)N1CCCC(C)(C(=O)O)C1)C(C)C. The van der Waals surface area contributed by atoms with Crippen LogP contribution in [-0.2, 0) is 4.79 Å². The molecule has 1 heterocycles. The summed E-state index contributed by atoms with van der Waals surface area (Å²) in [5, 5.41) is 12.0. The summed E-state index contributed by atoms with van der Waals surface area (Å²) < 4.78 is 0. The van der Waals surface area contributed by atoms with Gasteiger partial charge in [0.2, 0.25) is 0 Å². The van der Waals surface area contributed by atoms with Gasteiger partial charge in [-0.05, 0) is 25.7 Å². The molecule has 0 aromatic heterocycles. The molecule has 0 aliphatic carbocycles. The Labute approximate surface area is 114 Å². The van der Waals surface area contributed by atoms with E-state index in [-0.39, 0.29) is 24.5 Å². The third-order valence-corrected chi connectivity index (χ3v) is 3.63. The van der Waals surface area contributed by atoms with Crippen molar-refractivity contribution in [2.24, 2.45) is 11.3 Å². The van der Waals surface area contributed by atoms with Crippen LogP contribution >= 0.6 is 0 Å². The number of piperidine rings is 1. The number of urea groups is 1. The van der Waals surface area contributed by atoms with Gasteiger partial charge in [0.05, 0.1) is 11.5 Å². The Morgan fingerprint density at radius 2 is 2.11 bits per heavy atom. The summed E-state index contributed by atoms with van der Waals surface area (Å²) in [6.07, 6.45) is 6.66. The summed E-state index contributed by atoms with van der Waals surface area (Å²) in [7, 11) is 0. The number of carbonyl (C=O) groups is 2. The molecule has 1 fully saturated rings. The van der Waals surface area contributed by atoms with Crippen LogP contribution in [0.25, 0.3) is 0 Å². The molecule has 1 rings (SSSR count). The van der Waals surface area contributed by atoms with Gasteiger partial charge >= 0.3 is 12.0 Å². The van der Waals surface area contributed by atoms with E-state index in [1.165, 1.54) is 0 Å². The van der Waals surface area contributed by atoms with Crippen molar-refractivity contribution in [3.8, 4) is 12.3 Å².